The standard InChI is InChI=1S/C12H15BrN4O2S2/c1-8-11(13)20-12(16-8)21(18,19)15-6-9-2-3-10-14-4-5-17(10)7-9/h4-5,9,15H,2-3,6-7H2,1H3. The van der Waals surface area contributed by atoms with Crippen LogP contribution < -0.4 is 4.72 Å². The number of nitrogens with zero attached hydrogens (tertiary/aromatic N) is 3. The zero-order valence-corrected chi connectivity index (χ0v) is 14.6. The van der Waals surface area contributed by atoms with E-state index in [9.17, 15) is 8.42 Å². The highest BCUT2D eigenvalue weighted by Crippen LogP contribution is 2.27. The number of hydrogen-bond donors (Lipinski definition) is 1. The van der Waals surface area contributed by atoms with Crippen LogP contribution in [0.1, 0.15) is 17.9 Å². The Balaban J connectivity index is 1.65. The third-order valence-corrected chi connectivity index (χ3v) is 7.35. The lowest BCUT2D eigenvalue weighted by Crippen LogP contribution is -2.33. The quantitative estimate of drug-likeness (QED) is 0.865. The first-order chi connectivity index (χ1) is 9.95. The van der Waals surface area contributed by atoms with Gasteiger partial charge in [-0.2, -0.15) is 0 Å². The van der Waals surface area contributed by atoms with Crippen LogP contribution >= 0.6 is 27.3 Å². The third-order valence-electron chi connectivity index (χ3n) is 3.55. The van der Waals surface area contributed by atoms with Gasteiger partial charge in [-0.15, -0.1) is 0 Å². The molecular formula is C12H15BrN4O2S2. The van der Waals surface area contributed by atoms with Crippen molar-refractivity contribution in [3.8, 4) is 0 Å². The Morgan fingerprint density at radius 3 is 3.10 bits per heavy atom. The van der Waals surface area contributed by atoms with Crippen molar-refractivity contribution in [3.63, 3.8) is 0 Å². The van der Waals surface area contributed by atoms with Gasteiger partial charge < -0.3 is 4.57 Å². The summed E-state index contributed by atoms with van der Waals surface area (Å²) in [5, 5.41) is 0. The van der Waals surface area contributed by atoms with E-state index < -0.39 is 10.0 Å². The summed E-state index contributed by atoms with van der Waals surface area (Å²) >= 11 is 4.44. The highest BCUT2D eigenvalue weighted by molar-refractivity contribution is 9.11. The van der Waals surface area contributed by atoms with E-state index in [0.717, 1.165) is 40.3 Å². The predicted octanol–water partition coefficient (Wildman–Crippen LogP) is 1.95. The van der Waals surface area contributed by atoms with Crippen LogP contribution in [0.4, 0.5) is 0 Å². The number of aromatic nitrogens is 3. The second kappa shape index (κ2) is 5.79. The van der Waals surface area contributed by atoms with Gasteiger partial charge >= 0.3 is 0 Å². The van der Waals surface area contributed by atoms with Crippen molar-refractivity contribution in [2.24, 2.45) is 5.92 Å². The summed E-state index contributed by atoms with van der Waals surface area (Å²) in [4.78, 5) is 8.35. The van der Waals surface area contributed by atoms with Crippen molar-refractivity contribution in [2.45, 2.75) is 30.6 Å². The lowest BCUT2D eigenvalue weighted by Gasteiger charge is -2.23. The van der Waals surface area contributed by atoms with Gasteiger partial charge in [0.15, 0.2) is 0 Å². The molecule has 114 valence electrons. The molecule has 0 bridgehead atoms. The normalized spacial score (nSPS) is 18.7. The van der Waals surface area contributed by atoms with Gasteiger partial charge in [-0.1, -0.05) is 11.3 Å². The van der Waals surface area contributed by atoms with Gasteiger partial charge in [-0.25, -0.2) is 23.1 Å². The number of aryl methyl sites for hydroxylation is 2. The molecule has 0 aliphatic carbocycles. The van der Waals surface area contributed by atoms with Crippen molar-refractivity contribution in [3.05, 3.63) is 27.7 Å². The Kier molecular flexibility index (Phi) is 4.17. The van der Waals surface area contributed by atoms with Crippen LogP contribution in [0, 0.1) is 12.8 Å². The number of sulfonamides is 1. The number of thiazole rings is 1. The molecule has 3 heterocycles. The molecule has 1 unspecified atom stereocenters. The molecule has 0 saturated heterocycles. The fraction of sp³-hybridized carbons (Fsp3) is 0.500. The lowest BCUT2D eigenvalue weighted by atomic mass is 10.00. The summed E-state index contributed by atoms with van der Waals surface area (Å²) in [7, 11) is -3.52. The zero-order valence-electron chi connectivity index (χ0n) is 11.4. The van der Waals surface area contributed by atoms with Gasteiger partial charge in [-0.05, 0) is 35.2 Å². The van der Waals surface area contributed by atoms with Crippen molar-refractivity contribution in [1.82, 2.24) is 19.3 Å². The fourth-order valence-corrected chi connectivity index (χ4v) is 5.46. The molecule has 1 aliphatic heterocycles. The number of fused-ring (bicyclic) bond motifs is 1. The van der Waals surface area contributed by atoms with Gasteiger partial charge in [0, 0.05) is 31.9 Å². The fourth-order valence-electron chi connectivity index (χ4n) is 2.36. The molecule has 2 aromatic heterocycles. The first-order valence-electron chi connectivity index (χ1n) is 6.58. The monoisotopic (exact) mass is 390 g/mol. The van der Waals surface area contributed by atoms with Crippen LogP contribution in [0.15, 0.2) is 20.5 Å². The topological polar surface area (TPSA) is 76.9 Å². The lowest BCUT2D eigenvalue weighted by molar-refractivity contribution is 0.363. The SMILES string of the molecule is Cc1nc(S(=O)(=O)NCC2CCc3nccn3C2)sc1Br. The first kappa shape index (κ1) is 15.1. The summed E-state index contributed by atoms with van der Waals surface area (Å²) in [6, 6.07) is 0. The number of halogens is 1. The minimum Gasteiger partial charge on any atom is -0.335 e. The molecule has 21 heavy (non-hydrogen) atoms. The van der Waals surface area contributed by atoms with Crippen LogP contribution in [-0.4, -0.2) is 29.5 Å². The molecule has 6 nitrogen and oxygen atoms in total. The summed E-state index contributed by atoms with van der Waals surface area (Å²) in [5.41, 5.74) is 0.695. The van der Waals surface area contributed by atoms with Crippen LogP contribution in [0.3, 0.4) is 0 Å². The Morgan fingerprint density at radius 1 is 1.57 bits per heavy atom. The predicted molar refractivity (Wildman–Crippen MR) is 83.8 cm³/mol. The minimum atomic E-state index is -3.52. The maximum absolute atomic E-state index is 12.2. The highest BCUT2D eigenvalue weighted by atomic mass is 79.9. The van der Waals surface area contributed by atoms with E-state index in [4.69, 9.17) is 0 Å². The molecule has 0 spiro atoms. The third kappa shape index (κ3) is 3.20. The van der Waals surface area contributed by atoms with Gasteiger partial charge in [-0.3, -0.25) is 0 Å². The second-order valence-corrected chi connectivity index (χ2v) is 9.35. The van der Waals surface area contributed by atoms with Crippen molar-refractivity contribution < 1.29 is 8.42 Å². The summed E-state index contributed by atoms with van der Waals surface area (Å²) in [6.45, 7) is 3.01. The van der Waals surface area contributed by atoms with E-state index in [1.807, 2.05) is 6.20 Å². The van der Waals surface area contributed by atoms with E-state index in [1.165, 1.54) is 0 Å². The van der Waals surface area contributed by atoms with E-state index in [1.54, 1.807) is 13.1 Å². The molecule has 9 heteroatoms. The second-order valence-electron chi connectivity index (χ2n) is 5.09. The van der Waals surface area contributed by atoms with E-state index in [-0.39, 0.29) is 10.3 Å². The van der Waals surface area contributed by atoms with E-state index in [2.05, 4.69) is 35.2 Å². The van der Waals surface area contributed by atoms with Crippen molar-refractivity contribution >= 4 is 37.3 Å². The Labute approximate surface area is 135 Å². The molecule has 1 aliphatic rings. The molecule has 0 aromatic carbocycles. The van der Waals surface area contributed by atoms with Crippen LogP contribution in [0.25, 0.3) is 0 Å². The van der Waals surface area contributed by atoms with Crippen LogP contribution in [0.5, 0.6) is 0 Å². The van der Waals surface area contributed by atoms with Crippen molar-refractivity contribution in [1.29, 1.82) is 0 Å². The maximum Gasteiger partial charge on any atom is 0.267 e. The Bertz CT molecular complexity index is 734. The molecule has 1 atom stereocenters. The molecule has 0 fully saturated rings. The molecule has 1 N–H and O–H groups in total. The first-order valence-corrected chi connectivity index (χ1v) is 9.67. The van der Waals surface area contributed by atoms with Crippen LogP contribution in [-0.2, 0) is 23.0 Å². The molecular weight excluding hydrogens is 376 g/mol. The number of nitrogens with one attached hydrogen (secondary N) is 1. The number of imidazole rings is 1. The zero-order chi connectivity index (χ0) is 15.0. The molecule has 2 aromatic rings. The highest BCUT2D eigenvalue weighted by Gasteiger charge is 2.24. The largest absolute Gasteiger partial charge is 0.335 e. The van der Waals surface area contributed by atoms with Gasteiger partial charge in [0.05, 0.1) is 9.48 Å². The maximum atomic E-state index is 12.2. The molecule has 3 rings (SSSR count). The minimum absolute atomic E-state index is 0.117. The van der Waals surface area contributed by atoms with E-state index in [0.29, 0.717) is 12.2 Å². The summed E-state index contributed by atoms with van der Waals surface area (Å²) in [6.07, 6.45) is 5.57. The number of hydrogen-bond acceptors (Lipinski definition) is 5. The Morgan fingerprint density at radius 2 is 2.38 bits per heavy atom. The Hall–Kier alpha value is -0.770. The summed E-state index contributed by atoms with van der Waals surface area (Å²) < 4.78 is 30.1. The average molecular weight is 391 g/mol. The van der Waals surface area contributed by atoms with Gasteiger partial charge in [0.1, 0.15) is 5.82 Å². The summed E-state index contributed by atoms with van der Waals surface area (Å²) in [5.74, 6) is 1.36. The van der Waals surface area contributed by atoms with Crippen molar-refractivity contribution in [2.75, 3.05) is 6.54 Å². The van der Waals surface area contributed by atoms with Gasteiger partial charge in [0.2, 0.25) is 4.34 Å². The molecule has 0 amide bonds. The van der Waals surface area contributed by atoms with E-state index >= 15 is 0 Å². The van der Waals surface area contributed by atoms with Crippen LogP contribution in [0.2, 0.25) is 0 Å². The number of rotatable bonds is 4. The smallest absolute Gasteiger partial charge is 0.267 e. The van der Waals surface area contributed by atoms with Gasteiger partial charge in [0.25, 0.3) is 10.0 Å². The molecule has 0 saturated carbocycles. The average Bonchev–Trinajstić information content (AvgIpc) is 3.04. The molecule has 0 radical (unpaired) electrons.